The van der Waals surface area contributed by atoms with Crippen molar-refractivity contribution in [1.82, 2.24) is 0 Å². The molecule has 1 heterocycles. The van der Waals surface area contributed by atoms with Crippen molar-refractivity contribution in [3.63, 3.8) is 0 Å². The normalized spacial score (nSPS) is 22.5. The first-order valence-electron chi connectivity index (χ1n) is 6.12. The predicted molar refractivity (Wildman–Crippen MR) is 71.1 cm³/mol. The molecular weight excluding hydrogens is 283 g/mol. The highest BCUT2D eigenvalue weighted by Crippen LogP contribution is 2.37. The Balaban J connectivity index is 2.26. The molecule has 1 aromatic carbocycles. The van der Waals surface area contributed by atoms with Crippen LogP contribution in [0.3, 0.4) is 0 Å². The largest absolute Gasteiger partial charge is 0.377 e. The first-order chi connectivity index (χ1) is 8.09. The predicted octanol–water partition coefficient (Wildman–Crippen LogP) is 4.45. The average molecular weight is 301 g/mol. The summed E-state index contributed by atoms with van der Waals surface area (Å²) in [5.74, 6) is -0.159. The molecule has 0 radical (unpaired) electrons. The molecule has 2 unspecified atom stereocenters. The smallest absolute Gasteiger partial charge is 0.123 e. The van der Waals surface area contributed by atoms with Crippen molar-refractivity contribution in [2.45, 2.75) is 44.0 Å². The summed E-state index contributed by atoms with van der Waals surface area (Å²) in [6.45, 7) is 4.76. The number of aryl methyl sites for hydroxylation is 2. The third kappa shape index (κ3) is 2.89. The highest BCUT2D eigenvalue weighted by molar-refractivity contribution is 9.09. The molecule has 2 atom stereocenters. The van der Waals surface area contributed by atoms with Crippen molar-refractivity contribution in [3.05, 3.63) is 34.6 Å². The lowest BCUT2D eigenvalue weighted by Crippen LogP contribution is -2.24. The van der Waals surface area contributed by atoms with Gasteiger partial charge >= 0.3 is 0 Å². The van der Waals surface area contributed by atoms with Gasteiger partial charge in [-0.2, -0.15) is 0 Å². The number of rotatable bonds is 2. The van der Waals surface area contributed by atoms with Gasteiger partial charge in [-0.25, -0.2) is 4.39 Å². The van der Waals surface area contributed by atoms with Gasteiger partial charge in [0, 0.05) is 6.61 Å². The minimum absolute atomic E-state index is 0.159. The van der Waals surface area contributed by atoms with E-state index in [0.29, 0.717) is 0 Å². The fraction of sp³-hybridized carbons (Fsp3) is 0.571. The van der Waals surface area contributed by atoms with Crippen LogP contribution in [0.2, 0.25) is 0 Å². The highest BCUT2D eigenvalue weighted by atomic mass is 79.9. The molecule has 1 aliphatic rings. The van der Waals surface area contributed by atoms with Gasteiger partial charge in [-0.15, -0.1) is 0 Å². The molecule has 0 N–H and O–H groups in total. The van der Waals surface area contributed by atoms with Crippen LogP contribution in [0.4, 0.5) is 4.39 Å². The molecule has 1 aliphatic heterocycles. The molecular formula is C14H18BrFO. The van der Waals surface area contributed by atoms with Crippen LogP contribution in [0.5, 0.6) is 0 Å². The Labute approximate surface area is 110 Å². The number of alkyl halides is 1. The fourth-order valence-electron chi connectivity index (χ4n) is 2.54. The maximum Gasteiger partial charge on any atom is 0.123 e. The average Bonchev–Trinajstić information content (AvgIpc) is 2.28. The molecule has 0 bridgehead atoms. The summed E-state index contributed by atoms with van der Waals surface area (Å²) in [5, 5.41) is 0. The molecule has 2 rings (SSSR count). The Morgan fingerprint density at radius 2 is 1.94 bits per heavy atom. The fourth-order valence-corrected chi connectivity index (χ4v) is 3.68. The number of ether oxygens (including phenoxy) is 1. The van der Waals surface area contributed by atoms with Crippen LogP contribution < -0.4 is 0 Å². The van der Waals surface area contributed by atoms with Gasteiger partial charge in [-0.3, -0.25) is 0 Å². The second-order valence-electron chi connectivity index (χ2n) is 4.76. The Morgan fingerprint density at radius 3 is 2.47 bits per heavy atom. The lowest BCUT2D eigenvalue weighted by atomic mass is 9.94. The zero-order valence-corrected chi connectivity index (χ0v) is 11.9. The molecule has 94 valence electrons. The quantitative estimate of drug-likeness (QED) is 0.733. The molecule has 3 heteroatoms. The van der Waals surface area contributed by atoms with E-state index in [9.17, 15) is 4.39 Å². The van der Waals surface area contributed by atoms with Gasteiger partial charge in [0.2, 0.25) is 0 Å². The third-order valence-electron chi connectivity index (χ3n) is 3.38. The van der Waals surface area contributed by atoms with E-state index in [0.717, 1.165) is 30.6 Å². The summed E-state index contributed by atoms with van der Waals surface area (Å²) < 4.78 is 19.1. The molecule has 1 nitrogen and oxygen atoms in total. The van der Waals surface area contributed by atoms with Crippen molar-refractivity contribution >= 4 is 15.9 Å². The van der Waals surface area contributed by atoms with Crippen molar-refractivity contribution < 1.29 is 9.13 Å². The monoisotopic (exact) mass is 300 g/mol. The Bertz CT molecular complexity index is 376. The molecule has 0 aliphatic carbocycles. The first kappa shape index (κ1) is 13.0. The van der Waals surface area contributed by atoms with Crippen LogP contribution in [-0.4, -0.2) is 12.7 Å². The molecule has 1 fully saturated rings. The van der Waals surface area contributed by atoms with E-state index in [1.165, 1.54) is 12.0 Å². The Morgan fingerprint density at radius 1 is 1.29 bits per heavy atom. The third-order valence-corrected chi connectivity index (χ3v) is 4.42. The van der Waals surface area contributed by atoms with Crippen molar-refractivity contribution in [2.75, 3.05) is 6.61 Å². The SMILES string of the molecule is Cc1cc(F)cc(C)c1C(Br)C1CCCCO1. The van der Waals surface area contributed by atoms with Gasteiger partial charge in [0.05, 0.1) is 10.9 Å². The number of hydrogen-bond donors (Lipinski definition) is 0. The summed E-state index contributed by atoms with van der Waals surface area (Å²) in [6, 6.07) is 3.19. The summed E-state index contributed by atoms with van der Waals surface area (Å²) >= 11 is 3.73. The van der Waals surface area contributed by atoms with E-state index in [4.69, 9.17) is 4.74 Å². The molecule has 0 spiro atoms. The van der Waals surface area contributed by atoms with Crippen LogP contribution in [-0.2, 0) is 4.74 Å². The van der Waals surface area contributed by atoms with Gasteiger partial charge in [0.25, 0.3) is 0 Å². The van der Waals surface area contributed by atoms with E-state index >= 15 is 0 Å². The lowest BCUT2D eigenvalue weighted by molar-refractivity contribution is 0.0159. The summed E-state index contributed by atoms with van der Waals surface area (Å²) in [4.78, 5) is 0.170. The second kappa shape index (κ2) is 5.49. The topological polar surface area (TPSA) is 9.23 Å². The van der Waals surface area contributed by atoms with E-state index in [1.54, 1.807) is 12.1 Å². The van der Waals surface area contributed by atoms with Crippen molar-refractivity contribution in [1.29, 1.82) is 0 Å². The second-order valence-corrected chi connectivity index (χ2v) is 5.75. The van der Waals surface area contributed by atoms with Gasteiger partial charge in [0.15, 0.2) is 0 Å². The number of benzene rings is 1. The highest BCUT2D eigenvalue weighted by Gasteiger charge is 2.26. The minimum Gasteiger partial charge on any atom is -0.377 e. The molecule has 1 saturated heterocycles. The van der Waals surface area contributed by atoms with Crippen LogP contribution in [0.25, 0.3) is 0 Å². The Hall–Kier alpha value is -0.410. The molecule has 0 aromatic heterocycles. The van der Waals surface area contributed by atoms with Crippen LogP contribution >= 0.6 is 15.9 Å². The van der Waals surface area contributed by atoms with E-state index in [2.05, 4.69) is 15.9 Å². The van der Waals surface area contributed by atoms with Crippen LogP contribution in [0.15, 0.2) is 12.1 Å². The number of hydrogen-bond acceptors (Lipinski definition) is 1. The van der Waals surface area contributed by atoms with E-state index in [1.807, 2.05) is 13.8 Å². The number of halogens is 2. The molecule has 0 saturated carbocycles. The van der Waals surface area contributed by atoms with Gasteiger partial charge in [-0.1, -0.05) is 15.9 Å². The zero-order valence-electron chi connectivity index (χ0n) is 10.3. The van der Waals surface area contributed by atoms with E-state index in [-0.39, 0.29) is 16.7 Å². The maximum absolute atomic E-state index is 13.3. The van der Waals surface area contributed by atoms with Crippen molar-refractivity contribution in [3.8, 4) is 0 Å². The summed E-state index contributed by atoms with van der Waals surface area (Å²) in [7, 11) is 0. The van der Waals surface area contributed by atoms with Gasteiger partial charge in [-0.05, 0) is 61.9 Å². The van der Waals surface area contributed by atoms with Crippen LogP contribution in [0, 0.1) is 19.7 Å². The molecule has 0 amide bonds. The molecule has 17 heavy (non-hydrogen) atoms. The van der Waals surface area contributed by atoms with Crippen molar-refractivity contribution in [2.24, 2.45) is 0 Å². The van der Waals surface area contributed by atoms with E-state index < -0.39 is 0 Å². The summed E-state index contributed by atoms with van der Waals surface area (Å²) in [5.41, 5.74) is 3.18. The molecule has 1 aromatic rings. The van der Waals surface area contributed by atoms with Gasteiger partial charge < -0.3 is 4.74 Å². The zero-order chi connectivity index (χ0) is 12.4. The summed E-state index contributed by atoms with van der Waals surface area (Å²) in [6.07, 6.45) is 3.65. The Kier molecular flexibility index (Phi) is 4.21. The lowest BCUT2D eigenvalue weighted by Gasteiger charge is -2.29. The van der Waals surface area contributed by atoms with Crippen LogP contribution in [0.1, 0.15) is 40.8 Å². The van der Waals surface area contributed by atoms with Gasteiger partial charge in [0.1, 0.15) is 5.82 Å². The maximum atomic E-state index is 13.3. The first-order valence-corrected chi connectivity index (χ1v) is 7.03. The minimum atomic E-state index is -0.159. The standard InChI is InChI=1S/C14H18BrFO/c1-9-7-11(16)8-10(2)13(9)14(15)12-5-3-4-6-17-12/h7-8,12,14H,3-6H2,1-2H3.